The topological polar surface area (TPSA) is 131 Å². The van der Waals surface area contributed by atoms with Crippen molar-refractivity contribution >= 4 is 53.7 Å². The number of fused-ring (bicyclic) bond motifs is 1. The molecule has 0 spiro atoms. The third-order valence-corrected chi connectivity index (χ3v) is 6.88. The van der Waals surface area contributed by atoms with Crippen LogP contribution in [-0.2, 0) is 6.54 Å². The van der Waals surface area contributed by atoms with Crippen molar-refractivity contribution in [3.8, 4) is 0 Å². The number of anilines is 2. The van der Waals surface area contributed by atoms with Crippen molar-refractivity contribution in [1.82, 2.24) is 19.5 Å². The maximum absolute atomic E-state index is 11.3. The Bertz CT molecular complexity index is 1140. The summed E-state index contributed by atoms with van der Waals surface area (Å²) in [6.07, 6.45) is 10.7. The number of imidazole rings is 1. The first-order valence-electron chi connectivity index (χ1n) is 11.9. The van der Waals surface area contributed by atoms with Gasteiger partial charge in [0.2, 0.25) is 5.95 Å². The summed E-state index contributed by atoms with van der Waals surface area (Å²) >= 11 is 0. The van der Waals surface area contributed by atoms with Gasteiger partial charge in [-0.05, 0) is 56.2 Å². The quantitative estimate of drug-likeness (QED) is 0.349. The molecule has 1 aromatic carbocycles. The molecule has 9 nitrogen and oxygen atoms in total. The van der Waals surface area contributed by atoms with Gasteiger partial charge in [0.25, 0.3) is 0 Å². The molecule has 5 rings (SSSR count). The zero-order chi connectivity index (χ0) is 22.8. The van der Waals surface area contributed by atoms with Crippen LogP contribution in [0.4, 0.5) is 11.8 Å². The van der Waals surface area contributed by atoms with Crippen molar-refractivity contribution in [3.63, 3.8) is 0 Å². The zero-order valence-corrected chi connectivity index (χ0v) is 21.2. The van der Waals surface area contributed by atoms with Gasteiger partial charge in [0.15, 0.2) is 17.0 Å². The molecule has 2 saturated carbocycles. The van der Waals surface area contributed by atoms with Crippen molar-refractivity contribution in [2.45, 2.75) is 76.0 Å². The molecular formula is C24H33Cl2N7O2. The van der Waals surface area contributed by atoms with Gasteiger partial charge in [0, 0.05) is 24.7 Å². The van der Waals surface area contributed by atoms with Gasteiger partial charge in [0.05, 0.1) is 11.9 Å². The fourth-order valence-corrected chi connectivity index (χ4v) is 5.00. The first-order valence-corrected chi connectivity index (χ1v) is 11.9. The molecule has 2 heterocycles. The van der Waals surface area contributed by atoms with E-state index in [1.54, 1.807) is 18.2 Å². The number of nitrogens with zero attached hydrogens (tertiary/aromatic N) is 4. The Labute approximate surface area is 217 Å². The maximum Gasteiger partial charge on any atom is 0.335 e. The number of carboxylic acids is 1. The van der Waals surface area contributed by atoms with Gasteiger partial charge in [-0.25, -0.2) is 9.78 Å². The fraction of sp³-hybridized carbons (Fsp3) is 0.500. The molecule has 0 atom stereocenters. The van der Waals surface area contributed by atoms with Gasteiger partial charge < -0.3 is 26.0 Å². The summed E-state index contributed by atoms with van der Waals surface area (Å²) in [5.74, 6) is 0.326. The molecule has 0 amide bonds. The first-order chi connectivity index (χ1) is 16.1. The number of aromatic nitrogens is 4. The minimum atomic E-state index is -0.935. The van der Waals surface area contributed by atoms with E-state index in [9.17, 15) is 9.90 Å². The molecule has 0 radical (unpaired) electrons. The second kappa shape index (κ2) is 11.9. The summed E-state index contributed by atoms with van der Waals surface area (Å²) in [5, 5.41) is 16.2. The minimum Gasteiger partial charge on any atom is -0.478 e. The van der Waals surface area contributed by atoms with Gasteiger partial charge in [-0.2, -0.15) is 9.97 Å². The fourth-order valence-electron chi connectivity index (χ4n) is 5.00. The number of carbonyl (C=O) groups is 1. The normalized spacial score (nSPS) is 20.1. The first kappa shape index (κ1) is 27.0. The number of halogens is 2. The summed E-state index contributed by atoms with van der Waals surface area (Å²) in [7, 11) is 0. The lowest BCUT2D eigenvalue weighted by Gasteiger charge is -2.27. The van der Waals surface area contributed by atoms with E-state index in [-0.39, 0.29) is 36.4 Å². The highest BCUT2D eigenvalue weighted by atomic mass is 35.5. The second-order valence-electron chi connectivity index (χ2n) is 9.27. The van der Waals surface area contributed by atoms with Gasteiger partial charge in [-0.15, -0.1) is 24.8 Å². The standard InChI is InChI=1S/C24H31N7O2.2ClH/c25-17-8-10-18(11-9-17)28-24-29-21(26-13-15-4-3-5-16(12-15)23(32)33)20-22(30-24)31(14-27-20)19-6-1-2-7-19;;/h3-5,12,14,17-19H,1-2,6-11,13,25H2,(H,32,33)(H2,26,28,29,30);2*1H. The number of aromatic carboxylic acids is 1. The molecule has 0 bridgehead atoms. The second-order valence-corrected chi connectivity index (χ2v) is 9.27. The molecule has 5 N–H and O–H groups in total. The number of benzene rings is 1. The van der Waals surface area contributed by atoms with E-state index in [4.69, 9.17) is 15.7 Å². The monoisotopic (exact) mass is 521 g/mol. The van der Waals surface area contributed by atoms with E-state index in [0.29, 0.717) is 30.4 Å². The molecule has 190 valence electrons. The van der Waals surface area contributed by atoms with Crippen LogP contribution in [0.3, 0.4) is 0 Å². The van der Waals surface area contributed by atoms with Crippen LogP contribution in [0.5, 0.6) is 0 Å². The van der Waals surface area contributed by atoms with E-state index in [0.717, 1.165) is 55.3 Å². The van der Waals surface area contributed by atoms with Crippen LogP contribution in [-0.4, -0.2) is 42.7 Å². The molecule has 0 saturated heterocycles. The Balaban J connectivity index is 0.00000171. The number of nitrogens with one attached hydrogen (secondary N) is 2. The summed E-state index contributed by atoms with van der Waals surface area (Å²) < 4.78 is 2.20. The Morgan fingerprint density at radius 3 is 2.54 bits per heavy atom. The van der Waals surface area contributed by atoms with E-state index in [1.807, 2.05) is 12.4 Å². The number of nitrogens with two attached hydrogens (primary N) is 1. The van der Waals surface area contributed by atoms with Crippen LogP contribution in [0.25, 0.3) is 11.2 Å². The third kappa shape index (κ3) is 6.15. The van der Waals surface area contributed by atoms with E-state index in [1.165, 1.54) is 12.8 Å². The highest BCUT2D eigenvalue weighted by molar-refractivity contribution is 5.88. The summed E-state index contributed by atoms with van der Waals surface area (Å²) in [4.78, 5) is 25.6. The molecule has 0 unspecified atom stereocenters. The lowest BCUT2D eigenvalue weighted by atomic mass is 9.92. The largest absolute Gasteiger partial charge is 0.478 e. The Morgan fingerprint density at radius 2 is 1.83 bits per heavy atom. The Hall–Kier alpha value is -2.62. The molecule has 2 fully saturated rings. The molecule has 2 aromatic heterocycles. The van der Waals surface area contributed by atoms with Crippen LogP contribution in [0, 0.1) is 0 Å². The van der Waals surface area contributed by atoms with E-state index < -0.39 is 5.97 Å². The average Bonchev–Trinajstić information content (AvgIpc) is 3.49. The molecule has 2 aliphatic rings. The zero-order valence-electron chi connectivity index (χ0n) is 19.5. The van der Waals surface area contributed by atoms with E-state index >= 15 is 0 Å². The van der Waals surface area contributed by atoms with Gasteiger partial charge in [-0.3, -0.25) is 0 Å². The summed E-state index contributed by atoms with van der Waals surface area (Å²) in [5.41, 5.74) is 8.79. The van der Waals surface area contributed by atoms with Crippen molar-refractivity contribution in [2.24, 2.45) is 5.73 Å². The van der Waals surface area contributed by atoms with Crippen LogP contribution in [0.1, 0.15) is 73.3 Å². The molecular weight excluding hydrogens is 489 g/mol. The van der Waals surface area contributed by atoms with Crippen LogP contribution < -0.4 is 16.4 Å². The number of hydrogen-bond donors (Lipinski definition) is 4. The number of carboxylic acid groups (broad SMARTS) is 1. The van der Waals surface area contributed by atoms with Crippen LogP contribution >= 0.6 is 24.8 Å². The van der Waals surface area contributed by atoms with E-state index in [2.05, 4.69) is 20.2 Å². The predicted octanol–water partition coefficient (Wildman–Crippen LogP) is 4.78. The lowest BCUT2D eigenvalue weighted by Crippen LogP contribution is -2.33. The van der Waals surface area contributed by atoms with Gasteiger partial charge >= 0.3 is 5.97 Å². The number of rotatable bonds is 7. The van der Waals surface area contributed by atoms with Crippen LogP contribution in [0.15, 0.2) is 30.6 Å². The predicted molar refractivity (Wildman–Crippen MR) is 142 cm³/mol. The highest BCUT2D eigenvalue weighted by Gasteiger charge is 2.24. The highest BCUT2D eigenvalue weighted by Crippen LogP contribution is 2.33. The Morgan fingerprint density at radius 1 is 1.09 bits per heavy atom. The Kier molecular flexibility index (Phi) is 9.15. The van der Waals surface area contributed by atoms with Gasteiger partial charge in [-0.1, -0.05) is 25.0 Å². The third-order valence-electron chi connectivity index (χ3n) is 6.88. The SMILES string of the molecule is Cl.Cl.NC1CCC(Nc2nc(NCc3cccc(C(=O)O)c3)c3ncn(C4CCCC4)c3n2)CC1. The summed E-state index contributed by atoms with van der Waals surface area (Å²) in [6.45, 7) is 0.446. The lowest BCUT2D eigenvalue weighted by molar-refractivity contribution is 0.0696. The molecule has 0 aliphatic heterocycles. The van der Waals surface area contributed by atoms with Crippen molar-refractivity contribution in [3.05, 3.63) is 41.7 Å². The molecule has 11 heteroatoms. The molecule has 2 aliphatic carbocycles. The van der Waals surface area contributed by atoms with Crippen molar-refractivity contribution in [2.75, 3.05) is 10.6 Å². The number of hydrogen-bond acceptors (Lipinski definition) is 7. The van der Waals surface area contributed by atoms with Crippen molar-refractivity contribution < 1.29 is 9.90 Å². The maximum atomic E-state index is 11.3. The smallest absolute Gasteiger partial charge is 0.335 e. The minimum absolute atomic E-state index is 0. The van der Waals surface area contributed by atoms with Gasteiger partial charge in [0.1, 0.15) is 0 Å². The molecule has 3 aromatic rings. The average molecular weight is 522 g/mol. The van der Waals surface area contributed by atoms with Crippen LogP contribution in [0.2, 0.25) is 0 Å². The molecule has 35 heavy (non-hydrogen) atoms. The van der Waals surface area contributed by atoms with Crippen molar-refractivity contribution in [1.29, 1.82) is 0 Å². The summed E-state index contributed by atoms with van der Waals surface area (Å²) in [6, 6.07) is 7.95.